The Morgan fingerprint density at radius 2 is 1.87 bits per heavy atom. The van der Waals surface area contributed by atoms with Gasteiger partial charge in [0, 0.05) is 5.56 Å². The number of alkyl halides is 3. The monoisotopic (exact) mass is 333 g/mol. The van der Waals surface area contributed by atoms with E-state index >= 15 is 0 Å². The summed E-state index contributed by atoms with van der Waals surface area (Å²) in [5, 5.41) is 2.22. The molecule has 0 heterocycles. The van der Waals surface area contributed by atoms with E-state index in [-0.39, 0.29) is 11.3 Å². The molecule has 1 aromatic carbocycles. The summed E-state index contributed by atoms with van der Waals surface area (Å²) in [5.41, 5.74) is -1.87. The van der Waals surface area contributed by atoms with Gasteiger partial charge in [0.2, 0.25) is 0 Å². The molecule has 1 unspecified atom stereocenters. The van der Waals surface area contributed by atoms with Gasteiger partial charge in [-0.2, -0.15) is 13.2 Å². The van der Waals surface area contributed by atoms with E-state index in [9.17, 15) is 22.8 Å². The van der Waals surface area contributed by atoms with Crippen LogP contribution in [0.25, 0.3) is 0 Å². The molecule has 1 amide bonds. The highest BCUT2D eigenvalue weighted by Crippen LogP contribution is 2.34. The van der Waals surface area contributed by atoms with Gasteiger partial charge in [-0.05, 0) is 39.0 Å². The van der Waals surface area contributed by atoms with Crippen LogP contribution in [0.15, 0.2) is 18.2 Å². The van der Waals surface area contributed by atoms with Crippen molar-refractivity contribution in [3.63, 3.8) is 0 Å². The van der Waals surface area contributed by atoms with E-state index in [0.717, 1.165) is 18.2 Å². The Kier molecular flexibility index (Phi) is 5.63. The molecule has 0 saturated carbocycles. The summed E-state index contributed by atoms with van der Waals surface area (Å²) in [7, 11) is 1.25. The first-order valence-corrected chi connectivity index (χ1v) is 6.68. The smallest absolute Gasteiger partial charge is 0.416 e. The molecule has 5 nitrogen and oxygen atoms in total. The van der Waals surface area contributed by atoms with Crippen molar-refractivity contribution in [3.8, 4) is 5.75 Å². The lowest BCUT2D eigenvalue weighted by atomic mass is 10.0. The second kappa shape index (κ2) is 6.89. The molecule has 0 fully saturated rings. The summed E-state index contributed by atoms with van der Waals surface area (Å²) in [4.78, 5) is 23.0. The predicted octanol–water partition coefficient (Wildman–Crippen LogP) is 3.48. The molecule has 23 heavy (non-hydrogen) atoms. The molecule has 0 aliphatic rings. The van der Waals surface area contributed by atoms with Gasteiger partial charge in [0.25, 0.3) is 0 Å². The van der Waals surface area contributed by atoms with Gasteiger partial charge in [0.15, 0.2) is 0 Å². The van der Waals surface area contributed by atoms with Gasteiger partial charge in [-0.3, -0.25) is 0 Å². The maximum Gasteiger partial charge on any atom is 0.416 e. The van der Waals surface area contributed by atoms with Crippen molar-refractivity contribution in [2.75, 3.05) is 7.11 Å². The molecule has 0 aromatic heterocycles. The van der Waals surface area contributed by atoms with Crippen LogP contribution in [-0.2, 0) is 15.7 Å². The topological polar surface area (TPSA) is 64.6 Å². The van der Waals surface area contributed by atoms with E-state index < -0.39 is 29.5 Å². The summed E-state index contributed by atoms with van der Waals surface area (Å²) < 4.78 is 48.4. The molecule has 128 valence electrons. The average Bonchev–Trinajstić information content (AvgIpc) is 2.41. The minimum atomic E-state index is -4.58. The molecule has 0 bridgehead atoms. The highest BCUT2D eigenvalue weighted by molar-refractivity contribution is 5.75. The standard InChI is InChI=1S/C15H18F3NO4/c1-14(2,3)23-13(21)19-11(8-20)10-7-9(15(16,17)18)5-6-12(10)22-4/h5-8,11H,1-4H3,(H,19,21). The third-order valence-electron chi connectivity index (χ3n) is 2.70. The third-order valence-corrected chi connectivity index (χ3v) is 2.70. The SMILES string of the molecule is COc1ccc(C(F)(F)F)cc1C(C=O)NC(=O)OC(C)(C)C. The molecule has 1 rings (SSSR count). The number of alkyl carbamates (subject to hydrolysis) is 1. The molecular formula is C15H18F3NO4. The van der Waals surface area contributed by atoms with Crippen molar-refractivity contribution in [3.05, 3.63) is 29.3 Å². The van der Waals surface area contributed by atoms with Crippen molar-refractivity contribution in [2.45, 2.75) is 38.6 Å². The number of halogens is 3. The third kappa shape index (κ3) is 5.46. The van der Waals surface area contributed by atoms with Gasteiger partial charge in [-0.1, -0.05) is 0 Å². The van der Waals surface area contributed by atoms with Crippen molar-refractivity contribution >= 4 is 12.4 Å². The zero-order valence-electron chi connectivity index (χ0n) is 13.2. The number of hydrogen-bond donors (Lipinski definition) is 1. The maximum atomic E-state index is 12.8. The lowest BCUT2D eigenvalue weighted by Gasteiger charge is -2.22. The second-order valence-electron chi connectivity index (χ2n) is 5.71. The van der Waals surface area contributed by atoms with Crippen LogP contribution >= 0.6 is 0 Å². The zero-order valence-corrected chi connectivity index (χ0v) is 13.2. The molecular weight excluding hydrogens is 315 g/mol. The first kappa shape index (κ1) is 18.8. The molecule has 0 aliphatic heterocycles. The van der Waals surface area contributed by atoms with Crippen LogP contribution in [0.1, 0.15) is 37.9 Å². The minimum Gasteiger partial charge on any atom is -0.496 e. The second-order valence-corrected chi connectivity index (χ2v) is 5.71. The molecule has 8 heteroatoms. The summed E-state index contributed by atoms with van der Waals surface area (Å²) in [5.74, 6) is 0.0474. The van der Waals surface area contributed by atoms with Crippen LogP contribution in [0.2, 0.25) is 0 Å². The van der Waals surface area contributed by atoms with Gasteiger partial charge in [0.05, 0.1) is 12.7 Å². The number of carbonyl (C=O) groups excluding carboxylic acids is 2. The average molecular weight is 333 g/mol. The van der Waals surface area contributed by atoms with E-state index in [1.165, 1.54) is 7.11 Å². The van der Waals surface area contributed by atoms with Gasteiger partial charge in [0.1, 0.15) is 23.7 Å². The van der Waals surface area contributed by atoms with Crippen LogP contribution in [0.3, 0.4) is 0 Å². The number of carbonyl (C=O) groups is 2. The number of amides is 1. The van der Waals surface area contributed by atoms with Gasteiger partial charge < -0.3 is 19.6 Å². The Hall–Kier alpha value is -2.25. The quantitative estimate of drug-likeness (QED) is 0.857. The van der Waals surface area contributed by atoms with Crippen LogP contribution < -0.4 is 10.1 Å². The zero-order chi connectivity index (χ0) is 17.8. The molecule has 0 spiro atoms. The molecule has 0 aliphatic carbocycles. The van der Waals surface area contributed by atoms with Gasteiger partial charge in [-0.25, -0.2) is 4.79 Å². The van der Waals surface area contributed by atoms with Crippen molar-refractivity contribution in [1.29, 1.82) is 0 Å². The first-order valence-electron chi connectivity index (χ1n) is 6.68. The van der Waals surface area contributed by atoms with Crippen LogP contribution in [-0.4, -0.2) is 25.1 Å². The van der Waals surface area contributed by atoms with E-state index in [1.807, 2.05) is 0 Å². The summed E-state index contributed by atoms with van der Waals surface area (Å²) in [6, 6.07) is 1.35. The number of benzene rings is 1. The fourth-order valence-electron chi connectivity index (χ4n) is 1.77. The Balaban J connectivity index is 3.13. The van der Waals surface area contributed by atoms with Gasteiger partial charge in [-0.15, -0.1) is 0 Å². The van der Waals surface area contributed by atoms with Crippen LogP contribution in [0.5, 0.6) is 5.75 Å². The van der Waals surface area contributed by atoms with E-state index in [1.54, 1.807) is 20.8 Å². The number of hydrogen-bond acceptors (Lipinski definition) is 4. The molecule has 0 saturated heterocycles. The molecule has 0 radical (unpaired) electrons. The number of nitrogens with one attached hydrogen (secondary N) is 1. The van der Waals surface area contributed by atoms with Gasteiger partial charge >= 0.3 is 12.3 Å². The van der Waals surface area contributed by atoms with E-state index in [4.69, 9.17) is 9.47 Å². The number of ether oxygens (including phenoxy) is 2. The highest BCUT2D eigenvalue weighted by atomic mass is 19.4. The largest absolute Gasteiger partial charge is 0.496 e. The summed E-state index contributed by atoms with van der Waals surface area (Å²) >= 11 is 0. The molecule has 1 atom stereocenters. The van der Waals surface area contributed by atoms with E-state index in [2.05, 4.69) is 5.32 Å². The Labute approximate surface area is 131 Å². The van der Waals surface area contributed by atoms with Crippen LogP contribution in [0.4, 0.5) is 18.0 Å². The summed E-state index contributed by atoms with van der Waals surface area (Å²) in [6.45, 7) is 4.86. The molecule has 1 aromatic rings. The lowest BCUT2D eigenvalue weighted by Crippen LogP contribution is -2.35. The predicted molar refractivity (Wildman–Crippen MR) is 76.2 cm³/mol. The molecule has 1 N–H and O–H groups in total. The van der Waals surface area contributed by atoms with Crippen molar-refractivity contribution < 1.29 is 32.2 Å². The Bertz CT molecular complexity index is 579. The fourth-order valence-corrected chi connectivity index (χ4v) is 1.77. The Morgan fingerprint density at radius 1 is 1.26 bits per heavy atom. The van der Waals surface area contributed by atoms with Crippen LogP contribution in [0, 0.1) is 0 Å². The first-order chi connectivity index (χ1) is 10.5. The van der Waals surface area contributed by atoms with Crippen molar-refractivity contribution in [1.82, 2.24) is 5.32 Å². The summed E-state index contributed by atoms with van der Waals surface area (Å²) in [6.07, 6.45) is -5.20. The number of methoxy groups -OCH3 is 1. The number of rotatable bonds is 4. The normalized spacial score (nSPS) is 13.2. The number of aldehydes is 1. The van der Waals surface area contributed by atoms with Crippen molar-refractivity contribution in [2.24, 2.45) is 0 Å². The van der Waals surface area contributed by atoms with E-state index in [0.29, 0.717) is 6.29 Å². The fraction of sp³-hybridized carbons (Fsp3) is 0.467. The Morgan fingerprint density at radius 3 is 2.30 bits per heavy atom. The lowest BCUT2D eigenvalue weighted by molar-refractivity contribution is -0.137. The maximum absolute atomic E-state index is 12.8. The minimum absolute atomic E-state index is 0.0474. The highest BCUT2D eigenvalue weighted by Gasteiger charge is 2.32.